The molecule has 2 unspecified atom stereocenters. The smallest absolute Gasteiger partial charge is 0.0615 e. The van der Waals surface area contributed by atoms with Crippen LogP contribution in [-0.4, -0.2) is 38.3 Å². The Morgan fingerprint density at radius 2 is 1.94 bits per heavy atom. The lowest BCUT2D eigenvalue weighted by molar-refractivity contribution is 0.0910. The Balaban J connectivity index is 2.74. The number of likely N-dealkylation sites (N-methyl/N-ethyl adjacent to an activating group) is 1. The summed E-state index contributed by atoms with van der Waals surface area (Å²) < 4.78 is 5.17. The van der Waals surface area contributed by atoms with Crippen LogP contribution in [0.5, 0.6) is 0 Å². The van der Waals surface area contributed by atoms with Crippen LogP contribution in [0, 0.1) is 0 Å². The fourth-order valence-electron chi connectivity index (χ4n) is 1.88. The monoisotopic (exact) mass is 222 g/mol. The van der Waals surface area contributed by atoms with E-state index in [0.717, 1.165) is 6.61 Å². The van der Waals surface area contributed by atoms with Gasteiger partial charge in [0.25, 0.3) is 0 Å². The largest absolute Gasteiger partial charge is 0.383 e. The van der Waals surface area contributed by atoms with E-state index < -0.39 is 0 Å². The standard InChI is InChI=1S/C13H22N2O/c1-11(10-16-3)15(2)13(9-14)12-7-5-4-6-8-12/h4-8,11,13H,9-10,14H2,1-3H3. The molecule has 1 rings (SSSR count). The van der Waals surface area contributed by atoms with E-state index in [1.165, 1.54) is 5.56 Å². The van der Waals surface area contributed by atoms with E-state index in [1.807, 2.05) is 18.2 Å². The van der Waals surface area contributed by atoms with Gasteiger partial charge in [0.2, 0.25) is 0 Å². The van der Waals surface area contributed by atoms with Crippen molar-refractivity contribution < 1.29 is 4.74 Å². The summed E-state index contributed by atoms with van der Waals surface area (Å²) in [5.74, 6) is 0. The van der Waals surface area contributed by atoms with Gasteiger partial charge in [0.1, 0.15) is 0 Å². The molecular formula is C13H22N2O. The first kappa shape index (κ1) is 13.2. The molecule has 3 heteroatoms. The number of hydrogen-bond donors (Lipinski definition) is 1. The normalized spacial score (nSPS) is 15.1. The zero-order chi connectivity index (χ0) is 12.0. The van der Waals surface area contributed by atoms with Crippen molar-refractivity contribution >= 4 is 0 Å². The van der Waals surface area contributed by atoms with Crippen molar-refractivity contribution in [3.63, 3.8) is 0 Å². The molecule has 3 nitrogen and oxygen atoms in total. The highest BCUT2D eigenvalue weighted by molar-refractivity contribution is 5.19. The summed E-state index contributed by atoms with van der Waals surface area (Å²) in [6.07, 6.45) is 0. The Hall–Kier alpha value is -0.900. The summed E-state index contributed by atoms with van der Waals surface area (Å²) in [4.78, 5) is 2.26. The highest BCUT2D eigenvalue weighted by Gasteiger charge is 2.19. The van der Waals surface area contributed by atoms with Crippen LogP contribution in [0.3, 0.4) is 0 Å². The second kappa shape index (κ2) is 6.63. The molecular weight excluding hydrogens is 200 g/mol. The second-order valence-electron chi connectivity index (χ2n) is 4.13. The molecule has 0 fully saturated rings. The maximum atomic E-state index is 5.86. The molecule has 0 aromatic heterocycles. The van der Waals surface area contributed by atoms with Crippen LogP contribution in [0.1, 0.15) is 18.5 Å². The summed E-state index contributed by atoms with van der Waals surface area (Å²) >= 11 is 0. The molecule has 0 saturated heterocycles. The Bertz CT molecular complexity index is 289. The lowest BCUT2D eigenvalue weighted by Gasteiger charge is -2.32. The topological polar surface area (TPSA) is 38.5 Å². The number of hydrogen-bond acceptors (Lipinski definition) is 3. The highest BCUT2D eigenvalue weighted by Crippen LogP contribution is 2.19. The van der Waals surface area contributed by atoms with Crippen LogP contribution in [0.15, 0.2) is 30.3 Å². The van der Waals surface area contributed by atoms with Gasteiger partial charge in [-0.05, 0) is 19.5 Å². The summed E-state index contributed by atoms with van der Waals surface area (Å²) in [5.41, 5.74) is 7.12. The molecule has 90 valence electrons. The van der Waals surface area contributed by atoms with Crippen molar-refractivity contribution in [2.45, 2.75) is 19.0 Å². The molecule has 2 N–H and O–H groups in total. The van der Waals surface area contributed by atoms with Crippen molar-refractivity contribution in [1.82, 2.24) is 4.90 Å². The minimum absolute atomic E-state index is 0.256. The predicted octanol–water partition coefficient (Wildman–Crippen LogP) is 1.65. The molecule has 1 aromatic rings. The van der Waals surface area contributed by atoms with Crippen molar-refractivity contribution in [1.29, 1.82) is 0 Å². The number of rotatable bonds is 6. The van der Waals surface area contributed by atoms with Gasteiger partial charge in [-0.3, -0.25) is 4.90 Å². The molecule has 0 amide bonds. The second-order valence-corrected chi connectivity index (χ2v) is 4.13. The Morgan fingerprint density at radius 1 is 1.31 bits per heavy atom. The van der Waals surface area contributed by atoms with Gasteiger partial charge < -0.3 is 10.5 Å². The fourth-order valence-corrected chi connectivity index (χ4v) is 1.88. The number of nitrogens with zero attached hydrogens (tertiary/aromatic N) is 1. The van der Waals surface area contributed by atoms with E-state index in [-0.39, 0.29) is 6.04 Å². The number of nitrogens with two attached hydrogens (primary N) is 1. The lowest BCUT2D eigenvalue weighted by atomic mass is 10.0. The molecule has 0 saturated carbocycles. The minimum Gasteiger partial charge on any atom is -0.383 e. The first-order valence-electron chi connectivity index (χ1n) is 5.66. The number of benzene rings is 1. The Labute approximate surface area is 98.2 Å². The third-order valence-electron chi connectivity index (χ3n) is 3.00. The van der Waals surface area contributed by atoms with E-state index in [9.17, 15) is 0 Å². The van der Waals surface area contributed by atoms with Crippen LogP contribution >= 0.6 is 0 Å². The average Bonchev–Trinajstić information content (AvgIpc) is 2.31. The molecule has 0 aliphatic rings. The first-order chi connectivity index (χ1) is 7.70. The fraction of sp³-hybridized carbons (Fsp3) is 0.538. The molecule has 16 heavy (non-hydrogen) atoms. The summed E-state index contributed by atoms with van der Waals surface area (Å²) in [5, 5.41) is 0. The third kappa shape index (κ3) is 3.30. The van der Waals surface area contributed by atoms with Crippen molar-refractivity contribution in [2.24, 2.45) is 5.73 Å². The number of ether oxygens (including phenoxy) is 1. The molecule has 1 aromatic carbocycles. The van der Waals surface area contributed by atoms with Gasteiger partial charge in [0, 0.05) is 25.7 Å². The zero-order valence-electron chi connectivity index (χ0n) is 10.4. The molecule has 0 aliphatic carbocycles. The first-order valence-corrected chi connectivity index (χ1v) is 5.66. The highest BCUT2D eigenvalue weighted by atomic mass is 16.5. The molecule has 0 heterocycles. The number of methoxy groups -OCH3 is 1. The van der Waals surface area contributed by atoms with Crippen LogP contribution in [-0.2, 0) is 4.74 Å². The van der Waals surface area contributed by atoms with Crippen molar-refractivity contribution in [2.75, 3.05) is 27.3 Å². The summed E-state index contributed by atoms with van der Waals surface area (Å²) in [6.45, 7) is 3.49. The van der Waals surface area contributed by atoms with Gasteiger partial charge in [-0.1, -0.05) is 30.3 Å². The maximum absolute atomic E-state index is 5.86. The van der Waals surface area contributed by atoms with Crippen LogP contribution in [0.4, 0.5) is 0 Å². The van der Waals surface area contributed by atoms with E-state index in [0.29, 0.717) is 12.6 Å². The zero-order valence-corrected chi connectivity index (χ0v) is 10.4. The van der Waals surface area contributed by atoms with E-state index >= 15 is 0 Å². The predicted molar refractivity (Wildman–Crippen MR) is 67.3 cm³/mol. The molecule has 0 radical (unpaired) electrons. The summed E-state index contributed by atoms with van der Waals surface area (Å²) in [6, 6.07) is 11.0. The SMILES string of the molecule is COCC(C)N(C)C(CN)c1ccccc1. The van der Waals surface area contributed by atoms with Gasteiger partial charge in [-0.25, -0.2) is 0 Å². The average molecular weight is 222 g/mol. The molecule has 0 aliphatic heterocycles. The molecule has 0 bridgehead atoms. The van der Waals surface area contributed by atoms with Gasteiger partial charge >= 0.3 is 0 Å². The van der Waals surface area contributed by atoms with Gasteiger partial charge in [0.05, 0.1) is 6.61 Å². The Morgan fingerprint density at radius 3 is 2.44 bits per heavy atom. The van der Waals surface area contributed by atoms with E-state index in [2.05, 4.69) is 31.0 Å². The Kier molecular flexibility index (Phi) is 5.46. The van der Waals surface area contributed by atoms with Crippen LogP contribution < -0.4 is 5.73 Å². The summed E-state index contributed by atoms with van der Waals surface area (Å²) in [7, 11) is 3.82. The van der Waals surface area contributed by atoms with Crippen molar-refractivity contribution in [3.8, 4) is 0 Å². The quantitative estimate of drug-likeness (QED) is 0.795. The van der Waals surface area contributed by atoms with Gasteiger partial charge in [-0.2, -0.15) is 0 Å². The van der Waals surface area contributed by atoms with Gasteiger partial charge in [-0.15, -0.1) is 0 Å². The van der Waals surface area contributed by atoms with E-state index in [1.54, 1.807) is 7.11 Å². The third-order valence-corrected chi connectivity index (χ3v) is 3.00. The van der Waals surface area contributed by atoms with Crippen LogP contribution in [0.25, 0.3) is 0 Å². The molecule has 0 spiro atoms. The van der Waals surface area contributed by atoms with Crippen LogP contribution in [0.2, 0.25) is 0 Å². The molecule has 2 atom stereocenters. The minimum atomic E-state index is 0.256. The van der Waals surface area contributed by atoms with Gasteiger partial charge in [0.15, 0.2) is 0 Å². The lowest BCUT2D eigenvalue weighted by Crippen LogP contribution is -2.39. The van der Waals surface area contributed by atoms with E-state index in [4.69, 9.17) is 10.5 Å². The van der Waals surface area contributed by atoms with Crippen molar-refractivity contribution in [3.05, 3.63) is 35.9 Å². The maximum Gasteiger partial charge on any atom is 0.0615 e.